The Hall–Kier alpha value is -2.49. The predicted molar refractivity (Wildman–Crippen MR) is 256 cm³/mol. The standard InChI is InChI=1S/C53H97NO8/c1-6-8-10-12-14-16-18-20-22-24-25-26-28-29-31-33-35-37-39-41-43-50(55)60-47-49(48-61-53(52(57)58)59-46-45-54(3,4)5)62-51(56)44-42-40-38-36-34-32-30-27-23-21-19-17-15-13-11-9-7-2/h9,11,15,17,21,23,49,53H,6-8,10,12-14,16,18-20,22,24-48H2,1-5H3/b11-9-,17-15-,23-21-. The van der Waals surface area contributed by atoms with Crippen molar-refractivity contribution in [1.29, 1.82) is 0 Å². The monoisotopic (exact) mass is 876 g/mol. The van der Waals surface area contributed by atoms with Crippen LogP contribution in [0.3, 0.4) is 0 Å². The van der Waals surface area contributed by atoms with Crippen LogP contribution in [-0.2, 0) is 33.3 Å². The first-order valence-corrected chi connectivity index (χ1v) is 25.6. The maximum absolute atomic E-state index is 12.8. The average molecular weight is 876 g/mol. The molecule has 0 aliphatic rings. The number of likely N-dealkylation sites (N-methyl/N-ethyl adjacent to an activating group) is 1. The summed E-state index contributed by atoms with van der Waals surface area (Å²) in [5.41, 5.74) is 0. The van der Waals surface area contributed by atoms with Crippen LogP contribution in [0.2, 0.25) is 0 Å². The molecule has 0 amide bonds. The zero-order chi connectivity index (χ0) is 45.6. The van der Waals surface area contributed by atoms with Gasteiger partial charge in [-0.15, -0.1) is 0 Å². The molecule has 0 rings (SSSR count). The predicted octanol–water partition coefficient (Wildman–Crippen LogP) is 12.8. The molecule has 0 aromatic heterocycles. The van der Waals surface area contributed by atoms with Crippen LogP contribution in [-0.4, -0.2) is 82.3 Å². The lowest BCUT2D eigenvalue weighted by atomic mass is 10.0. The molecule has 0 aliphatic heterocycles. The van der Waals surface area contributed by atoms with Crippen molar-refractivity contribution in [3.05, 3.63) is 36.5 Å². The van der Waals surface area contributed by atoms with Crippen molar-refractivity contribution >= 4 is 17.9 Å². The van der Waals surface area contributed by atoms with Gasteiger partial charge in [-0.05, 0) is 44.9 Å². The second-order valence-electron chi connectivity index (χ2n) is 18.4. The summed E-state index contributed by atoms with van der Waals surface area (Å²) in [6.45, 7) is 4.65. The Bertz CT molecular complexity index is 1110. The number of hydrogen-bond donors (Lipinski definition) is 0. The number of carboxylic acids is 1. The molecule has 0 heterocycles. The van der Waals surface area contributed by atoms with Gasteiger partial charge in [0.1, 0.15) is 13.2 Å². The molecule has 2 unspecified atom stereocenters. The molecule has 0 fully saturated rings. The Morgan fingerprint density at radius 1 is 0.500 bits per heavy atom. The van der Waals surface area contributed by atoms with E-state index in [2.05, 4.69) is 50.3 Å². The topological polar surface area (TPSA) is 111 Å². The van der Waals surface area contributed by atoms with E-state index in [1.54, 1.807) is 0 Å². The van der Waals surface area contributed by atoms with Crippen molar-refractivity contribution in [3.63, 3.8) is 0 Å². The summed E-state index contributed by atoms with van der Waals surface area (Å²) in [5, 5.41) is 11.7. The lowest BCUT2D eigenvalue weighted by molar-refractivity contribution is -0.870. The Labute approximate surface area is 381 Å². The highest BCUT2D eigenvalue weighted by Crippen LogP contribution is 2.16. The molecule has 362 valence electrons. The van der Waals surface area contributed by atoms with Gasteiger partial charge in [-0.3, -0.25) is 9.59 Å². The van der Waals surface area contributed by atoms with Gasteiger partial charge in [0.25, 0.3) is 0 Å². The summed E-state index contributed by atoms with van der Waals surface area (Å²) in [6.07, 6.45) is 48.9. The van der Waals surface area contributed by atoms with E-state index < -0.39 is 24.3 Å². The zero-order valence-electron chi connectivity index (χ0n) is 41.0. The van der Waals surface area contributed by atoms with Gasteiger partial charge in [-0.25, -0.2) is 0 Å². The van der Waals surface area contributed by atoms with E-state index in [0.29, 0.717) is 23.9 Å². The van der Waals surface area contributed by atoms with Crippen LogP contribution in [0.25, 0.3) is 0 Å². The summed E-state index contributed by atoms with van der Waals surface area (Å²) in [6, 6.07) is 0. The van der Waals surface area contributed by atoms with Crippen LogP contribution < -0.4 is 5.11 Å². The SMILES string of the molecule is CC/C=C\C/C=C\C/C=C\CCCCCCCCCC(=O)OC(COC(=O)CCCCCCCCCCCCCCCCCCCCCC)COC(OCC[N+](C)(C)C)C(=O)[O-]. The third kappa shape index (κ3) is 45.5. The molecule has 9 nitrogen and oxygen atoms in total. The van der Waals surface area contributed by atoms with Gasteiger partial charge in [0.2, 0.25) is 0 Å². The molecule has 0 spiro atoms. The molecule has 0 saturated carbocycles. The lowest BCUT2D eigenvalue weighted by Gasteiger charge is -2.26. The van der Waals surface area contributed by atoms with Gasteiger partial charge in [0, 0.05) is 12.8 Å². The molecule has 0 bridgehead atoms. The quantitative estimate of drug-likeness (QED) is 0.0195. The molecule has 0 aromatic carbocycles. The van der Waals surface area contributed by atoms with E-state index in [1.807, 2.05) is 21.1 Å². The number of esters is 2. The summed E-state index contributed by atoms with van der Waals surface area (Å²) in [4.78, 5) is 37.1. The number of rotatable bonds is 47. The minimum atomic E-state index is -1.62. The summed E-state index contributed by atoms with van der Waals surface area (Å²) >= 11 is 0. The molecular formula is C53H97NO8. The summed E-state index contributed by atoms with van der Waals surface area (Å²) < 4.78 is 22.6. The first-order chi connectivity index (χ1) is 30.1. The maximum Gasteiger partial charge on any atom is 0.306 e. The highest BCUT2D eigenvalue weighted by atomic mass is 16.7. The van der Waals surface area contributed by atoms with Gasteiger partial charge in [0.15, 0.2) is 12.4 Å². The number of nitrogens with zero attached hydrogens (tertiary/aromatic N) is 1. The van der Waals surface area contributed by atoms with E-state index in [0.717, 1.165) is 64.2 Å². The Morgan fingerprint density at radius 3 is 1.37 bits per heavy atom. The van der Waals surface area contributed by atoms with Gasteiger partial charge >= 0.3 is 11.9 Å². The second kappa shape index (κ2) is 45.1. The van der Waals surface area contributed by atoms with Crippen LogP contribution >= 0.6 is 0 Å². The minimum Gasteiger partial charge on any atom is -0.545 e. The highest BCUT2D eigenvalue weighted by molar-refractivity contribution is 5.70. The summed E-state index contributed by atoms with van der Waals surface area (Å²) in [7, 11) is 5.91. The first kappa shape index (κ1) is 59.5. The fraction of sp³-hybridized carbons (Fsp3) is 0.830. The smallest absolute Gasteiger partial charge is 0.306 e. The van der Waals surface area contributed by atoms with Gasteiger partial charge in [-0.2, -0.15) is 0 Å². The number of unbranched alkanes of at least 4 members (excludes halogenated alkanes) is 26. The van der Waals surface area contributed by atoms with Gasteiger partial charge in [0.05, 0.1) is 40.3 Å². The second-order valence-corrected chi connectivity index (χ2v) is 18.4. The van der Waals surface area contributed by atoms with E-state index in [-0.39, 0.29) is 32.2 Å². The maximum atomic E-state index is 12.8. The van der Waals surface area contributed by atoms with Crippen LogP contribution in [0.1, 0.15) is 226 Å². The van der Waals surface area contributed by atoms with Crippen molar-refractivity contribution < 1.29 is 42.9 Å². The fourth-order valence-electron chi connectivity index (χ4n) is 7.20. The number of aliphatic carboxylic acids is 1. The molecule has 2 atom stereocenters. The van der Waals surface area contributed by atoms with E-state index in [1.165, 1.54) is 128 Å². The zero-order valence-corrected chi connectivity index (χ0v) is 41.0. The van der Waals surface area contributed by atoms with Crippen molar-refractivity contribution in [2.45, 2.75) is 238 Å². The van der Waals surface area contributed by atoms with Gasteiger partial charge in [-0.1, -0.05) is 204 Å². The number of carbonyl (C=O) groups excluding carboxylic acids is 3. The van der Waals surface area contributed by atoms with Gasteiger partial charge < -0.3 is 33.3 Å². The van der Waals surface area contributed by atoms with Crippen molar-refractivity contribution in [1.82, 2.24) is 0 Å². The van der Waals surface area contributed by atoms with Crippen molar-refractivity contribution in [3.8, 4) is 0 Å². The van der Waals surface area contributed by atoms with Crippen molar-refractivity contribution in [2.75, 3.05) is 47.5 Å². The summed E-state index contributed by atoms with van der Waals surface area (Å²) in [5.74, 6) is -2.29. The van der Waals surface area contributed by atoms with E-state index in [4.69, 9.17) is 18.9 Å². The number of carboxylic acid groups (broad SMARTS) is 1. The molecule has 0 saturated heterocycles. The Morgan fingerprint density at radius 2 is 0.919 bits per heavy atom. The molecule has 0 aliphatic carbocycles. The number of carbonyl (C=O) groups is 3. The Balaban J connectivity index is 4.32. The molecule has 0 radical (unpaired) electrons. The molecule has 0 N–H and O–H groups in total. The van der Waals surface area contributed by atoms with Crippen molar-refractivity contribution in [2.24, 2.45) is 0 Å². The molecular weight excluding hydrogens is 779 g/mol. The third-order valence-corrected chi connectivity index (χ3v) is 11.2. The first-order valence-electron chi connectivity index (χ1n) is 25.6. The number of quaternary nitrogens is 1. The number of ether oxygens (including phenoxy) is 4. The lowest BCUT2D eigenvalue weighted by Crippen LogP contribution is -2.44. The Kier molecular flexibility index (Phi) is 43.3. The highest BCUT2D eigenvalue weighted by Gasteiger charge is 2.22. The van der Waals surface area contributed by atoms with Crippen LogP contribution in [0.15, 0.2) is 36.5 Å². The third-order valence-electron chi connectivity index (χ3n) is 11.2. The van der Waals surface area contributed by atoms with Crippen LogP contribution in [0.5, 0.6) is 0 Å². The minimum absolute atomic E-state index is 0.146. The largest absolute Gasteiger partial charge is 0.545 e. The molecule has 62 heavy (non-hydrogen) atoms. The number of hydrogen-bond acceptors (Lipinski definition) is 8. The van der Waals surface area contributed by atoms with E-state index in [9.17, 15) is 19.5 Å². The fourth-order valence-corrected chi connectivity index (χ4v) is 7.20. The molecule has 0 aromatic rings. The number of allylic oxidation sites excluding steroid dienone is 6. The average Bonchev–Trinajstić information content (AvgIpc) is 3.23. The van der Waals surface area contributed by atoms with Crippen LogP contribution in [0.4, 0.5) is 0 Å². The van der Waals surface area contributed by atoms with Crippen LogP contribution in [0, 0.1) is 0 Å². The normalized spacial score (nSPS) is 13.1. The molecule has 9 heteroatoms. The van der Waals surface area contributed by atoms with E-state index >= 15 is 0 Å².